The fourth-order valence-corrected chi connectivity index (χ4v) is 2.92. The average Bonchev–Trinajstić information content (AvgIpc) is 2.96. The van der Waals surface area contributed by atoms with Crippen molar-refractivity contribution in [3.63, 3.8) is 0 Å². The Bertz CT molecular complexity index is 578. The zero-order valence-corrected chi connectivity index (χ0v) is 13.8. The van der Waals surface area contributed by atoms with Crippen LogP contribution in [-0.4, -0.2) is 47.3 Å². The second-order valence-electron chi connectivity index (χ2n) is 5.72. The van der Waals surface area contributed by atoms with E-state index in [1.165, 1.54) is 30.4 Å². The van der Waals surface area contributed by atoms with Crippen LogP contribution in [0, 0.1) is 0 Å². The Morgan fingerprint density at radius 1 is 1.33 bits per heavy atom. The third-order valence-corrected chi connectivity index (χ3v) is 4.17. The molecule has 0 bridgehead atoms. The zero-order valence-electron chi connectivity index (χ0n) is 12.3. The predicted molar refractivity (Wildman–Crippen MR) is 85.4 cm³/mol. The molecule has 0 saturated carbocycles. The predicted octanol–water partition coefficient (Wildman–Crippen LogP) is -1.01. The van der Waals surface area contributed by atoms with Crippen LogP contribution in [0.3, 0.4) is 0 Å². The summed E-state index contributed by atoms with van der Waals surface area (Å²) in [5.41, 5.74) is 7.82. The van der Waals surface area contributed by atoms with Gasteiger partial charge in [0.05, 0.1) is 38.7 Å². The van der Waals surface area contributed by atoms with Crippen LogP contribution < -0.4 is 23.5 Å². The van der Waals surface area contributed by atoms with Crippen LogP contribution in [0.4, 0.5) is 11.5 Å². The van der Waals surface area contributed by atoms with E-state index in [1.54, 1.807) is 0 Å². The molecule has 7 heteroatoms. The van der Waals surface area contributed by atoms with Crippen molar-refractivity contribution >= 4 is 29.4 Å². The summed E-state index contributed by atoms with van der Waals surface area (Å²) in [7, 11) is 2.34. The smallest absolute Gasteiger partial charge is 0.172 e. The van der Waals surface area contributed by atoms with Gasteiger partial charge in [-0.15, -0.1) is 17.5 Å². The summed E-state index contributed by atoms with van der Waals surface area (Å²) >= 11 is 0. The Labute approximate surface area is 137 Å². The number of hydrogen-bond donors (Lipinski definition) is 2. The van der Waals surface area contributed by atoms with E-state index in [4.69, 9.17) is 5.73 Å². The number of quaternary nitrogens is 1. The molecule has 0 atom stereocenters. The van der Waals surface area contributed by atoms with E-state index < -0.39 is 0 Å². The van der Waals surface area contributed by atoms with Crippen molar-refractivity contribution < 1.29 is 16.9 Å². The molecule has 21 heavy (non-hydrogen) atoms. The van der Waals surface area contributed by atoms with E-state index in [0.29, 0.717) is 0 Å². The minimum Gasteiger partial charge on any atom is -1.00 e. The summed E-state index contributed by atoms with van der Waals surface area (Å²) in [5, 5.41) is 7.85. The molecule has 3 N–H and O–H groups in total. The molecule has 0 amide bonds. The Morgan fingerprint density at radius 3 is 2.71 bits per heavy atom. The number of nitrogens with two attached hydrogens (primary N) is 1. The third kappa shape index (κ3) is 3.73. The Morgan fingerprint density at radius 2 is 2.05 bits per heavy atom. The molecule has 1 aliphatic rings. The first-order chi connectivity index (χ1) is 9.18. The van der Waals surface area contributed by atoms with Crippen LogP contribution in [0.2, 0.25) is 0 Å². The molecule has 0 unspecified atom stereocenters. The summed E-state index contributed by atoms with van der Waals surface area (Å²) in [6.45, 7) is 4.64. The number of halogens is 2. The van der Waals surface area contributed by atoms with Crippen molar-refractivity contribution in [1.82, 2.24) is 9.61 Å². The molecule has 0 aliphatic carbocycles. The molecule has 2 aromatic rings. The fourth-order valence-electron chi connectivity index (χ4n) is 2.92. The maximum Gasteiger partial charge on any atom is 0.172 e. The van der Waals surface area contributed by atoms with Crippen LogP contribution in [0.25, 0.3) is 5.52 Å². The van der Waals surface area contributed by atoms with Gasteiger partial charge in [-0.3, -0.25) is 0 Å². The molecule has 1 aliphatic heterocycles. The first kappa shape index (κ1) is 17.9. The first-order valence-corrected chi connectivity index (χ1v) is 6.98. The molecule has 3 heterocycles. The van der Waals surface area contributed by atoms with Crippen molar-refractivity contribution in [2.24, 2.45) is 0 Å². The van der Waals surface area contributed by atoms with Gasteiger partial charge in [0.1, 0.15) is 5.69 Å². The van der Waals surface area contributed by atoms with Gasteiger partial charge < -0.3 is 27.9 Å². The van der Waals surface area contributed by atoms with Gasteiger partial charge in [-0.25, -0.2) is 4.52 Å². The monoisotopic (exact) mass is 331 g/mol. The van der Waals surface area contributed by atoms with Gasteiger partial charge in [-0.05, 0) is 12.1 Å². The molecule has 118 valence electrons. The van der Waals surface area contributed by atoms with Crippen molar-refractivity contribution in [3.05, 3.63) is 24.4 Å². The largest absolute Gasteiger partial charge is 1.00 e. The van der Waals surface area contributed by atoms with Crippen molar-refractivity contribution in [2.75, 3.05) is 44.3 Å². The molecule has 1 saturated heterocycles. The van der Waals surface area contributed by atoms with Gasteiger partial charge in [0.15, 0.2) is 5.82 Å². The molecular weight excluding hydrogens is 309 g/mol. The number of rotatable bonds is 4. The number of pyridine rings is 1. The Kier molecular flexibility index (Phi) is 6.13. The van der Waals surface area contributed by atoms with Crippen LogP contribution in [0.1, 0.15) is 12.8 Å². The molecule has 0 radical (unpaired) electrons. The van der Waals surface area contributed by atoms with Crippen LogP contribution >= 0.6 is 12.4 Å². The van der Waals surface area contributed by atoms with Gasteiger partial charge in [0.2, 0.25) is 0 Å². The number of nitrogen functional groups attached to an aromatic ring is 1. The summed E-state index contributed by atoms with van der Waals surface area (Å²) in [5.74, 6) is 0.803. The number of aromatic nitrogens is 2. The minimum absolute atomic E-state index is 0. The molecule has 1 fully saturated rings. The highest BCUT2D eigenvalue weighted by Crippen LogP contribution is 2.22. The molecule has 0 spiro atoms. The topological polar surface area (TPSA) is 55.4 Å². The third-order valence-electron chi connectivity index (χ3n) is 4.17. The normalized spacial score (nSPS) is 16.2. The molecular formula is C14H23Cl2N5. The number of likely N-dealkylation sites (tertiary alicyclic amines) is 1. The number of likely N-dealkylation sites (N-methyl/N-ethyl adjacent to an activating group) is 1. The highest BCUT2D eigenvalue weighted by Gasteiger charge is 2.26. The van der Waals surface area contributed by atoms with Gasteiger partial charge >= 0.3 is 0 Å². The van der Waals surface area contributed by atoms with E-state index in [2.05, 4.69) is 17.5 Å². The number of nitrogens with one attached hydrogen (secondary N) is 1. The maximum absolute atomic E-state index is 6.12. The molecule has 0 aromatic carbocycles. The molecule has 2 aromatic heterocycles. The standard InChI is InChI=1S/C14H22N5.2ClH/c1-19(9-4-5-10-19)11-7-16-14-13(15)12-6-2-3-8-18(12)17-14;;/h2-3,6,8H,4-5,7,9-11,15H2,1H3,(H,16,17);2*1H/q+1;;/p-1. The Hall–Kier alpha value is -1.17. The van der Waals surface area contributed by atoms with E-state index in [-0.39, 0.29) is 24.8 Å². The molecule has 5 nitrogen and oxygen atoms in total. The van der Waals surface area contributed by atoms with E-state index in [1.807, 2.05) is 28.9 Å². The zero-order chi connectivity index (χ0) is 13.3. The van der Waals surface area contributed by atoms with Gasteiger partial charge in [-0.1, -0.05) is 6.07 Å². The van der Waals surface area contributed by atoms with Gasteiger partial charge in [0, 0.05) is 19.0 Å². The summed E-state index contributed by atoms with van der Waals surface area (Å²) in [4.78, 5) is 0. The van der Waals surface area contributed by atoms with Crippen molar-refractivity contribution in [3.8, 4) is 0 Å². The lowest BCUT2D eigenvalue weighted by atomic mass is 10.3. The SMILES string of the molecule is C[N+]1(CCNc2nn3ccccc3c2N)CCCC1.Cl.[Cl-]. The lowest BCUT2D eigenvalue weighted by Crippen LogP contribution is -3.00. The number of nitrogens with zero attached hydrogens (tertiary/aromatic N) is 3. The fraction of sp³-hybridized carbons (Fsp3) is 0.500. The molecule has 3 rings (SSSR count). The quantitative estimate of drug-likeness (QED) is 0.706. The van der Waals surface area contributed by atoms with Crippen LogP contribution in [0.15, 0.2) is 24.4 Å². The highest BCUT2D eigenvalue weighted by atomic mass is 35.5. The van der Waals surface area contributed by atoms with Crippen LogP contribution in [0.5, 0.6) is 0 Å². The second kappa shape index (κ2) is 7.20. The van der Waals surface area contributed by atoms with E-state index >= 15 is 0 Å². The second-order valence-corrected chi connectivity index (χ2v) is 5.72. The summed E-state index contributed by atoms with van der Waals surface area (Å²) < 4.78 is 2.99. The van der Waals surface area contributed by atoms with Crippen LogP contribution in [-0.2, 0) is 0 Å². The average molecular weight is 332 g/mol. The lowest BCUT2D eigenvalue weighted by molar-refractivity contribution is -0.895. The maximum atomic E-state index is 6.12. The van der Waals surface area contributed by atoms with Gasteiger partial charge in [-0.2, -0.15) is 0 Å². The van der Waals surface area contributed by atoms with Crippen molar-refractivity contribution in [2.45, 2.75) is 12.8 Å². The lowest BCUT2D eigenvalue weighted by Gasteiger charge is -2.29. The number of hydrogen-bond acceptors (Lipinski definition) is 3. The van der Waals surface area contributed by atoms with E-state index in [9.17, 15) is 0 Å². The number of fused-ring (bicyclic) bond motifs is 1. The first-order valence-electron chi connectivity index (χ1n) is 6.98. The number of anilines is 2. The summed E-state index contributed by atoms with van der Waals surface area (Å²) in [6, 6.07) is 5.93. The van der Waals surface area contributed by atoms with Gasteiger partial charge in [0.25, 0.3) is 0 Å². The van der Waals surface area contributed by atoms with E-state index in [0.717, 1.165) is 30.1 Å². The Balaban J connectivity index is 0.00000110. The minimum atomic E-state index is 0. The van der Waals surface area contributed by atoms with Crippen molar-refractivity contribution in [1.29, 1.82) is 0 Å². The summed E-state index contributed by atoms with van der Waals surface area (Å²) in [6.07, 6.45) is 4.63. The highest BCUT2D eigenvalue weighted by molar-refractivity contribution is 5.85.